The van der Waals surface area contributed by atoms with Gasteiger partial charge in [0.1, 0.15) is 5.69 Å². The summed E-state index contributed by atoms with van der Waals surface area (Å²) in [4.78, 5) is 41.7. The van der Waals surface area contributed by atoms with E-state index in [4.69, 9.17) is 9.47 Å². The fourth-order valence-electron chi connectivity index (χ4n) is 3.34. The first-order chi connectivity index (χ1) is 12.4. The van der Waals surface area contributed by atoms with Crippen LogP contribution in [0.1, 0.15) is 65.2 Å². The number of carbonyl (C=O) groups is 3. The van der Waals surface area contributed by atoms with E-state index in [0.717, 1.165) is 12.8 Å². The normalized spacial score (nSPS) is 16.5. The zero-order valence-electron chi connectivity index (χ0n) is 16.0. The molecular formula is C19H28N2O5. The Kier molecular flexibility index (Phi) is 6.97. The van der Waals surface area contributed by atoms with E-state index in [1.54, 1.807) is 32.6 Å². The van der Waals surface area contributed by atoms with E-state index in [-0.39, 0.29) is 30.9 Å². The van der Waals surface area contributed by atoms with Crippen molar-refractivity contribution in [2.24, 2.45) is 0 Å². The molecular weight excluding hydrogens is 336 g/mol. The number of carbonyl (C=O) groups excluding carboxylic acids is 3. The molecule has 26 heavy (non-hydrogen) atoms. The van der Waals surface area contributed by atoms with E-state index in [9.17, 15) is 14.4 Å². The van der Waals surface area contributed by atoms with E-state index in [1.807, 2.05) is 0 Å². The van der Waals surface area contributed by atoms with Crippen molar-refractivity contribution in [3.63, 3.8) is 0 Å². The minimum absolute atomic E-state index is 0.0122. The molecule has 0 aromatic carbocycles. The Morgan fingerprint density at radius 1 is 1.27 bits per heavy atom. The van der Waals surface area contributed by atoms with Crippen molar-refractivity contribution in [2.45, 2.75) is 53.1 Å². The molecule has 144 valence electrons. The standard InChI is InChI=1S/C19H28N2O5/c1-5-16(23)21(10-14-8-7-9-26-14)11-15(22)17-12(3)18(20-13(17)4)19(24)25-6-2/h14,20H,5-11H2,1-4H3/t14-/m1/s1. The van der Waals surface area contributed by atoms with E-state index < -0.39 is 5.97 Å². The molecule has 1 aromatic rings. The van der Waals surface area contributed by atoms with Crippen molar-refractivity contribution < 1.29 is 23.9 Å². The summed E-state index contributed by atoms with van der Waals surface area (Å²) in [6.45, 7) is 8.34. The molecule has 1 fully saturated rings. The predicted octanol–water partition coefficient (Wildman–Crippen LogP) is 2.41. The summed E-state index contributed by atoms with van der Waals surface area (Å²) in [6.07, 6.45) is 2.20. The van der Waals surface area contributed by atoms with Crippen molar-refractivity contribution in [3.05, 3.63) is 22.5 Å². The number of ether oxygens (including phenoxy) is 2. The number of nitrogens with one attached hydrogen (secondary N) is 1. The fraction of sp³-hybridized carbons (Fsp3) is 0.632. The third-order valence-corrected chi connectivity index (χ3v) is 4.63. The molecule has 7 heteroatoms. The molecule has 1 N–H and O–H groups in total. The monoisotopic (exact) mass is 364 g/mol. The first-order valence-corrected chi connectivity index (χ1v) is 9.17. The first-order valence-electron chi connectivity index (χ1n) is 9.17. The van der Waals surface area contributed by atoms with Crippen molar-refractivity contribution in [1.29, 1.82) is 0 Å². The highest BCUT2D eigenvalue weighted by molar-refractivity contribution is 6.04. The molecule has 1 amide bonds. The molecule has 0 radical (unpaired) electrons. The van der Waals surface area contributed by atoms with Gasteiger partial charge in [0, 0.05) is 30.8 Å². The molecule has 0 bridgehead atoms. The van der Waals surface area contributed by atoms with Crippen molar-refractivity contribution in [1.82, 2.24) is 9.88 Å². The second kappa shape index (κ2) is 8.98. The molecule has 1 saturated heterocycles. The number of hydrogen-bond donors (Lipinski definition) is 1. The second-order valence-corrected chi connectivity index (χ2v) is 6.53. The van der Waals surface area contributed by atoms with Gasteiger partial charge in [-0.3, -0.25) is 9.59 Å². The van der Waals surface area contributed by atoms with Crippen LogP contribution in [-0.4, -0.2) is 60.0 Å². The molecule has 0 unspecified atom stereocenters. The number of H-pyrrole nitrogens is 1. The van der Waals surface area contributed by atoms with Crippen molar-refractivity contribution in [3.8, 4) is 0 Å². The molecule has 0 aliphatic carbocycles. The van der Waals surface area contributed by atoms with Gasteiger partial charge >= 0.3 is 5.97 Å². The summed E-state index contributed by atoms with van der Waals surface area (Å²) in [5.74, 6) is -0.745. The number of aromatic amines is 1. The second-order valence-electron chi connectivity index (χ2n) is 6.53. The Bertz CT molecular complexity index is 674. The number of ketones is 1. The highest BCUT2D eigenvalue weighted by Gasteiger charge is 2.27. The number of rotatable bonds is 8. The van der Waals surface area contributed by atoms with Gasteiger partial charge in [-0.05, 0) is 39.2 Å². The summed E-state index contributed by atoms with van der Waals surface area (Å²) in [5, 5.41) is 0. The fourth-order valence-corrected chi connectivity index (χ4v) is 3.34. The number of hydrogen-bond acceptors (Lipinski definition) is 5. The smallest absolute Gasteiger partial charge is 0.355 e. The number of nitrogens with zero attached hydrogens (tertiary/aromatic N) is 1. The maximum atomic E-state index is 12.9. The highest BCUT2D eigenvalue weighted by Crippen LogP contribution is 2.21. The van der Waals surface area contributed by atoms with Gasteiger partial charge in [-0.2, -0.15) is 0 Å². The minimum Gasteiger partial charge on any atom is -0.461 e. The Balaban J connectivity index is 2.17. The summed E-state index contributed by atoms with van der Waals surface area (Å²) in [7, 11) is 0. The van der Waals surface area contributed by atoms with Gasteiger partial charge in [0.15, 0.2) is 5.78 Å². The third-order valence-electron chi connectivity index (χ3n) is 4.63. The first kappa shape index (κ1) is 20.2. The van der Waals surface area contributed by atoms with Crippen molar-refractivity contribution in [2.75, 3.05) is 26.3 Å². The number of Topliss-reactive ketones (excluding diaryl/α,β-unsaturated/α-hetero) is 1. The van der Waals surface area contributed by atoms with Crippen LogP contribution in [0.15, 0.2) is 0 Å². The molecule has 2 rings (SSSR count). The molecule has 2 heterocycles. The molecule has 1 aromatic heterocycles. The maximum Gasteiger partial charge on any atom is 0.355 e. The Labute approximate surface area is 154 Å². The molecule has 1 aliphatic rings. The summed E-state index contributed by atoms with van der Waals surface area (Å²) in [5.41, 5.74) is 1.91. The quantitative estimate of drug-likeness (QED) is 0.565. The van der Waals surface area contributed by atoms with E-state index in [2.05, 4.69) is 4.98 Å². The van der Waals surface area contributed by atoms with Crippen LogP contribution in [0.3, 0.4) is 0 Å². The van der Waals surface area contributed by atoms with Gasteiger partial charge in [-0.25, -0.2) is 4.79 Å². The van der Waals surface area contributed by atoms with Gasteiger partial charge in [0.2, 0.25) is 5.91 Å². The van der Waals surface area contributed by atoms with Crippen LogP contribution >= 0.6 is 0 Å². The topological polar surface area (TPSA) is 88.7 Å². The van der Waals surface area contributed by atoms with Gasteiger partial charge in [0.05, 0.1) is 19.3 Å². The van der Waals surface area contributed by atoms with Crippen molar-refractivity contribution >= 4 is 17.7 Å². The lowest BCUT2D eigenvalue weighted by Crippen LogP contribution is -2.40. The summed E-state index contributed by atoms with van der Waals surface area (Å²) in [6, 6.07) is 0. The predicted molar refractivity (Wildman–Crippen MR) is 96.4 cm³/mol. The lowest BCUT2D eigenvalue weighted by molar-refractivity contribution is -0.131. The third kappa shape index (κ3) is 4.52. The molecule has 0 spiro atoms. The zero-order chi connectivity index (χ0) is 19.3. The van der Waals surface area contributed by atoms with Crippen LogP contribution < -0.4 is 0 Å². The van der Waals surface area contributed by atoms with Crippen LogP contribution in [0.25, 0.3) is 0 Å². The Morgan fingerprint density at radius 2 is 2.00 bits per heavy atom. The number of esters is 1. The highest BCUT2D eigenvalue weighted by atomic mass is 16.5. The zero-order valence-corrected chi connectivity index (χ0v) is 16.0. The van der Waals surface area contributed by atoms with E-state index in [0.29, 0.717) is 42.1 Å². The number of amides is 1. The number of aryl methyl sites for hydroxylation is 1. The van der Waals surface area contributed by atoms with E-state index in [1.165, 1.54) is 0 Å². The van der Waals surface area contributed by atoms with Gasteiger partial charge in [-0.1, -0.05) is 6.92 Å². The number of aromatic nitrogens is 1. The SMILES string of the molecule is CCOC(=O)c1[nH]c(C)c(C(=O)CN(C[C@H]2CCCO2)C(=O)CC)c1C. The molecule has 1 atom stereocenters. The average molecular weight is 364 g/mol. The van der Waals surface area contributed by atoms with Gasteiger partial charge < -0.3 is 19.4 Å². The van der Waals surface area contributed by atoms with Crippen LogP contribution in [0, 0.1) is 13.8 Å². The summed E-state index contributed by atoms with van der Waals surface area (Å²) < 4.78 is 10.6. The van der Waals surface area contributed by atoms with Crippen LogP contribution in [0.5, 0.6) is 0 Å². The lowest BCUT2D eigenvalue weighted by atomic mass is 10.0. The molecule has 7 nitrogen and oxygen atoms in total. The van der Waals surface area contributed by atoms with E-state index >= 15 is 0 Å². The summed E-state index contributed by atoms with van der Waals surface area (Å²) >= 11 is 0. The van der Waals surface area contributed by atoms with Gasteiger partial charge in [-0.15, -0.1) is 0 Å². The van der Waals surface area contributed by atoms with Gasteiger partial charge in [0.25, 0.3) is 0 Å². The van der Waals surface area contributed by atoms with Crippen LogP contribution in [-0.2, 0) is 14.3 Å². The Morgan fingerprint density at radius 3 is 2.58 bits per heavy atom. The minimum atomic E-state index is -0.479. The molecule has 1 aliphatic heterocycles. The average Bonchev–Trinajstić information content (AvgIpc) is 3.21. The largest absolute Gasteiger partial charge is 0.461 e. The maximum absolute atomic E-state index is 12.9. The van der Waals surface area contributed by atoms with Crippen LogP contribution in [0.2, 0.25) is 0 Å². The Hall–Kier alpha value is -2.15. The van der Waals surface area contributed by atoms with Crippen LogP contribution in [0.4, 0.5) is 0 Å². The molecule has 0 saturated carbocycles. The lowest BCUT2D eigenvalue weighted by Gasteiger charge is -2.24.